The molecule has 0 aromatic rings. The fraction of sp³-hybridized carbons (Fsp3) is 1.00. The SMILES string of the molecule is C[Si](C)C(Cl)(Cl)C(C)([Si])Cl. The second-order valence-electron chi connectivity index (χ2n) is 2.58. The van der Waals surface area contributed by atoms with Gasteiger partial charge in [-0.15, -0.1) is 34.8 Å². The standard InChI is InChI=1S/C5H9Cl3Si2/c1-4(6,9)5(7,8)10(2)3/h1-3H3. The average molecular weight is 232 g/mol. The van der Waals surface area contributed by atoms with Crippen LogP contribution in [-0.4, -0.2) is 27.5 Å². The van der Waals surface area contributed by atoms with Crippen molar-refractivity contribution in [2.45, 2.75) is 28.5 Å². The number of hydrogen-bond donors (Lipinski definition) is 0. The van der Waals surface area contributed by atoms with Gasteiger partial charge >= 0.3 is 0 Å². The molecule has 0 spiro atoms. The Morgan fingerprint density at radius 1 is 1.20 bits per heavy atom. The van der Waals surface area contributed by atoms with Crippen molar-refractivity contribution in [3.05, 3.63) is 0 Å². The highest BCUT2D eigenvalue weighted by Crippen LogP contribution is 2.38. The second kappa shape index (κ2) is 3.36. The first-order valence-electron chi connectivity index (χ1n) is 2.82. The van der Waals surface area contributed by atoms with Crippen LogP contribution in [-0.2, 0) is 0 Å². The van der Waals surface area contributed by atoms with Crippen LogP contribution in [0.2, 0.25) is 13.1 Å². The van der Waals surface area contributed by atoms with Crippen LogP contribution in [0.5, 0.6) is 0 Å². The molecule has 5 heteroatoms. The van der Waals surface area contributed by atoms with Crippen molar-refractivity contribution in [3.8, 4) is 0 Å². The summed E-state index contributed by atoms with van der Waals surface area (Å²) in [5.41, 5.74) is 0. The van der Waals surface area contributed by atoms with Crippen molar-refractivity contribution in [1.82, 2.24) is 0 Å². The van der Waals surface area contributed by atoms with Crippen LogP contribution < -0.4 is 0 Å². The zero-order chi connectivity index (χ0) is 8.58. The van der Waals surface area contributed by atoms with Crippen LogP contribution in [0.25, 0.3) is 0 Å². The van der Waals surface area contributed by atoms with Gasteiger partial charge in [0.2, 0.25) is 0 Å². The molecule has 0 bridgehead atoms. The van der Waals surface area contributed by atoms with Crippen LogP contribution in [0.4, 0.5) is 0 Å². The monoisotopic (exact) mass is 230 g/mol. The zero-order valence-corrected chi connectivity index (χ0v) is 10.4. The molecule has 0 saturated carbocycles. The Morgan fingerprint density at radius 2 is 1.50 bits per heavy atom. The Hall–Kier alpha value is 1.30. The van der Waals surface area contributed by atoms with Crippen LogP contribution in [0.1, 0.15) is 6.92 Å². The van der Waals surface area contributed by atoms with Gasteiger partial charge in [-0.3, -0.25) is 0 Å². The summed E-state index contributed by atoms with van der Waals surface area (Å²) in [6.07, 6.45) is 0. The smallest absolute Gasteiger partial charge is 0.120 e. The molecule has 0 aliphatic rings. The molecule has 0 amide bonds. The van der Waals surface area contributed by atoms with Crippen LogP contribution >= 0.6 is 34.8 Å². The highest BCUT2D eigenvalue weighted by Gasteiger charge is 2.43. The van der Waals surface area contributed by atoms with E-state index in [2.05, 4.69) is 10.2 Å². The van der Waals surface area contributed by atoms with Crippen molar-refractivity contribution in [2.75, 3.05) is 0 Å². The third-order valence-electron chi connectivity index (χ3n) is 1.22. The molecule has 0 aromatic heterocycles. The number of rotatable bonds is 2. The van der Waals surface area contributed by atoms with E-state index in [1.54, 1.807) is 6.92 Å². The molecule has 0 aliphatic heterocycles. The highest BCUT2D eigenvalue weighted by molar-refractivity contribution is 6.86. The van der Waals surface area contributed by atoms with Gasteiger partial charge in [0.05, 0.1) is 23.5 Å². The molecule has 58 valence electrons. The summed E-state index contributed by atoms with van der Waals surface area (Å²) < 4.78 is -1.57. The molecule has 1 unspecified atom stereocenters. The first kappa shape index (κ1) is 11.3. The Kier molecular flexibility index (Phi) is 3.79. The summed E-state index contributed by atoms with van der Waals surface area (Å²) in [5.74, 6) is 0. The van der Waals surface area contributed by atoms with Crippen molar-refractivity contribution < 1.29 is 0 Å². The van der Waals surface area contributed by atoms with Gasteiger partial charge in [0.15, 0.2) is 0 Å². The molecule has 0 aromatic carbocycles. The topological polar surface area (TPSA) is 0 Å². The molecule has 0 nitrogen and oxygen atoms in total. The number of halogens is 3. The fourth-order valence-electron chi connectivity index (χ4n) is 0.469. The fourth-order valence-corrected chi connectivity index (χ4v) is 2.73. The summed E-state index contributed by atoms with van der Waals surface area (Å²) in [6.45, 7) is 5.79. The van der Waals surface area contributed by atoms with Crippen LogP contribution in [0.3, 0.4) is 0 Å². The van der Waals surface area contributed by atoms with Gasteiger partial charge in [0.25, 0.3) is 0 Å². The van der Waals surface area contributed by atoms with Crippen molar-refractivity contribution in [3.63, 3.8) is 0 Å². The Balaban J connectivity index is 4.40. The average Bonchev–Trinajstić information content (AvgIpc) is 1.62. The van der Waals surface area contributed by atoms with E-state index in [-0.39, 0.29) is 0 Å². The molecule has 4 radical (unpaired) electrons. The van der Waals surface area contributed by atoms with Gasteiger partial charge < -0.3 is 0 Å². The summed E-state index contributed by atoms with van der Waals surface area (Å²) in [5, 5.41) is 0. The summed E-state index contributed by atoms with van der Waals surface area (Å²) in [6, 6.07) is 0. The lowest BCUT2D eigenvalue weighted by molar-refractivity contribution is 0.874. The third kappa shape index (κ3) is 2.41. The summed E-state index contributed by atoms with van der Waals surface area (Å²) in [4.78, 5) is 0. The molecule has 0 saturated heterocycles. The summed E-state index contributed by atoms with van der Waals surface area (Å²) in [7, 11) is 2.46. The molecule has 1 atom stereocenters. The van der Waals surface area contributed by atoms with E-state index < -0.39 is 17.3 Å². The molecule has 0 aliphatic carbocycles. The van der Waals surface area contributed by atoms with E-state index >= 15 is 0 Å². The van der Waals surface area contributed by atoms with Gasteiger partial charge in [0.1, 0.15) is 3.96 Å². The molecule has 0 N–H and O–H groups in total. The van der Waals surface area contributed by atoms with Crippen LogP contribution in [0, 0.1) is 0 Å². The maximum atomic E-state index is 5.98. The lowest BCUT2D eigenvalue weighted by atomic mass is 10.5. The van der Waals surface area contributed by atoms with Gasteiger partial charge in [-0.1, -0.05) is 13.1 Å². The van der Waals surface area contributed by atoms with Gasteiger partial charge in [-0.2, -0.15) is 0 Å². The normalized spacial score (nSPS) is 19.2. The van der Waals surface area contributed by atoms with Gasteiger partial charge in [-0.05, 0) is 6.92 Å². The van der Waals surface area contributed by atoms with E-state index in [0.29, 0.717) is 0 Å². The zero-order valence-electron chi connectivity index (χ0n) is 6.13. The number of hydrogen-bond acceptors (Lipinski definition) is 0. The Labute approximate surface area is 82.3 Å². The van der Waals surface area contributed by atoms with Crippen molar-refractivity contribution >= 4 is 53.8 Å². The van der Waals surface area contributed by atoms with E-state index in [1.165, 1.54) is 0 Å². The predicted molar refractivity (Wildman–Crippen MR) is 51.9 cm³/mol. The Bertz CT molecular complexity index is 117. The molecular weight excluding hydrogens is 223 g/mol. The molecule has 10 heavy (non-hydrogen) atoms. The molecular formula is C5H9Cl3Si2. The predicted octanol–water partition coefficient (Wildman–Crippen LogP) is 2.58. The maximum absolute atomic E-state index is 5.98. The van der Waals surface area contributed by atoms with E-state index in [0.717, 1.165) is 0 Å². The summed E-state index contributed by atoms with van der Waals surface area (Å²) >= 11 is 17.8. The van der Waals surface area contributed by atoms with E-state index in [1.807, 2.05) is 13.1 Å². The van der Waals surface area contributed by atoms with Gasteiger partial charge in [-0.25, -0.2) is 0 Å². The minimum atomic E-state index is -0.837. The maximum Gasteiger partial charge on any atom is 0.120 e. The molecule has 0 heterocycles. The minimum absolute atomic E-state index is 0.728. The van der Waals surface area contributed by atoms with Gasteiger partial charge in [0, 0.05) is 0 Å². The Morgan fingerprint density at radius 3 is 1.50 bits per heavy atom. The number of alkyl halides is 3. The van der Waals surface area contributed by atoms with Crippen molar-refractivity contribution in [1.29, 1.82) is 0 Å². The lowest BCUT2D eigenvalue weighted by Gasteiger charge is -2.34. The third-order valence-corrected chi connectivity index (χ3v) is 7.57. The van der Waals surface area contributed by atoms with Crippen LogP contribution in [0.15, 0.2) is 0 Å². The first-order valence-corrected chi connectivity index (χ1v) is 6.95. The first-order chi connectivity index (χ1) is 4.19. The minimum Gasteiger partial charge on any atom is -0.121 e. The second-order valence-corrected chi connectivity index (χ2v) is 9.36. The largest absolute Gasteiger partial charge is 0.121 e. The van der Waals surface area contributed by atoms with Crippen molar-refractivity contribution in [2.24, 2.45) is 0 Å². The molecule has 0 rings (SSSR count). The molecule has 0 fully saturated rings. The lowest BCUT2D eigenvalue weighted by Crippen LogP contribution is -2.48. The van der Waals surface area contributed by atoms with E-state index in [4.69, 9.17) is 34.8 Å². The van der Waals surface area contributed by atoms with E-state index in [9.17, 15) is 0 Å². The quantitative estimate of drug-likeness (QED) is 0.506. The highest BCUT2D eigenvalue weighted by atomic mass is 35.5.